The van der Waals surface area contributed by atoms with Crippen molar-refractivity contribution in [3.05, 3.63) is 65.7 Å². The van der Waals surface area contributed by atoms with E-state index >= 15 is 0 Å². The third kappa shape index (κ3) is 5.47. The summed E-state index contributed by atoms with van der Waals surface area (Å²) in [5.41, 5.74) is 1.03. The molecule has 2 aromatic carbocycles. The van der Waals surface area contributed by atoms with Gasteiger partial charge in [-0.15, -0.1) is 0 Å². The molecule has 0 radical (unpaired) electrons. The van der Waals surface area contributed by atoms with Crippen LogP contribution in [-0.4, -0.2) is 25.3 Å². The quantitative estimate of drug-likeness (QED) is 0.503. The Morgan fingerprint density at radius 2 is 1.59 bits per heavy atom. The number of hydrogen-bond acceptors (Lipinski definition) is 2. The molecule has 1 saturated heterocycles. The summed E-state index contributed by atoms with van der Waals surface area (Å²) >= 11 is 0. The molecule has 3 rings (SSSR count). The molecule has 0 aliphatic carbocycles. The minimum absolute atomic E-state index is 0.0143. The average Bonchev–Trinajstić information content (AvgIpc) is 2.72. The molecule has 158 valence electrons. The van der Waals surface area contributed by atoms with Crippen LogP contribution in [0.1, 0.15) is 43.2 Å². The lowest BCUT2D eigenvalue weighted by molar-refractivity contribution is -0.241. The van der Waals surface area contributed by atoms with Crippen LogP contribution in [0.5, 0.6) is 0 Å². The van der Waals surface area contributed by atoms with Gasteiger partial charge in [0.15, 0.2) is 0 Å². The first kappa shape index (κ1) is 21.6. The zero-order valence-corrected chi connectivity index (χ0v) is 16.1. The van der Waals surface area contributed by atoms with E-state index in [9.17, 15) is 22.0 Å². The zero-order valence-electron chi connectivity index (χ0n) is 16.1. The van der Waals surface area contributed by atoms with Gasteiger partial charge in [-0.1, -0.05) is 37.3 Å². The summed E-state index contributed by atoms with van der Waals surface area (Å²) in [7, 11) is 0. The number of alkyl halides is 5. The van der Waals surface area contributed by atoms with E-state index in [1.165, 1.54) is 19.1 Å². The molecule has 1 heterocycles. The lowest BCUT2D eigenvalue weighted by Crippen LogP contribution is -2.46. The minimum atomic E-state index is -4.37. The van der Waals surface area contributed by atoms with Crippen molar-refractivity contribution in [2.24, 2.45) is 0 Å². The third-order valence-electron chi connectivity index (χ3n) is 5.40. The molecule has 0 saturated carbocycles. The van der Waals surface area contributed by atoms with Gasteiger partial charge in [-0.25, -0.2) is 0 Å². The Morgan fingerprint density at radius 1 is 0.931 bits per heavy atom. The highest BCUT2D eigenvalue weighted by Gasteiger charge is 2.34. The molecule has 2 atom stereocenters. The molecule has 1 aliphatic rings. The van der Waals surface area contributed by atoms with Crippen LogP contribution >= 0.6 is 0 Å². The maximum absolute atomic E-state index is 13.6. The smallest absolute Gasteiger partial charge is 0.366 e. The molecule has 7 heteroatoms. The first-order chi connectivity index (χ1) is 13.7. The minimum Gasteiger partial charge on any atom is -0.366 e. The van der Waals surface area contributed by atoms with E-state index in [0.717, 1.165) is 23.4 Å². The number of rotatable bonds is 6. The van der Waals surface area contributed by atoms with Crippen LogP contribution in [-0.2, 0) is 10.9 Å². The number of halogens is 5. The largest absolute Gasteiger partial charge is 0.416 e. The van der Waals surface area contributed by atoms with Crippen molar-refractivity contribution < 1.29 is 26.7 Å². The summed E-state index contributed by atoms with van der Waals surface area (Å²) in [4.78, 5) is 2.03. The second-order valence-electron chi connectivity index (χ2n) is 7.34. The van der Waals surface area contributed by atoms with Crippen molar-refractivity contribution in [1.82, 2.24) is 0 Å². The Hall–Kier alpha value is -2.15. The predicted octanol–water partition coefficient (Wildman–Crippen LogP) is 6.48. The van der Waals surface area contributed by atoms with Gasteiger partial charge in [0, 0.05) is 24.6 Å². The van der Waals surface area contributed by atoms with Crippen molar-refractivity contribution >= 4 is 5.69 Å². The molecule has 2 nitrogen and oxygen atoms in total. The van der Waals surface area contributed by atoms with E-state index in [-0.39, 0.29) is 25.0 Å². The van der Waals surface area contributed by atoms with Gasteiger partial charge in [0.1, 0.15) is 0 Å². The molecule has 0 N–H and O–H groups in total. The van der Waals surface area contributed by atoms with Crippen LogP contribution in [0.4, 0.5) is 27.6 Å². The summed E-state index contributed by atoms with van der Waals surface area (Å²) in [6.45, 7) is 1.80. The monoisotopic (exact) mass is 413 g/mol. The number of ether oxygens (including phenoxy) is 1. The van der Waals surface area contributed by atoms with Gasteiger partial charge in [-0.05, 0) is 42.7 Å². The molecule has 0 spiro atoms. The molecule has 0 unspecified atom stereocenters. The van der Waals surface area contributed by atoms with Crippen molar-refractivity contribution in [2.75, 3.05) is 18.1 Å². The fraction of sp³-hybridized carbons (Fsp3) is 0.455. The fourth-order valence-corrected chi connectivity index (χ4v) is 3.67. The molecule has 0 amide bonds. The van der Waals surface area contributed by atoms with Crippen LogP contribution in [0.25, 0.3) is 0 Å². The lowest BCUT2D eigenvalue weighted by atomic mass is 9.86. The van der Waals surface area contributed by atoms with E-state index in [4.69, 9.17) is 4.74 Å². The van der Waals surface area contributed by atoms with Crippen LogP contribution in [0.2, 0.25) is 0 Å². The highest BCUT2D eigenvalue weighted by atomic mass is 19.4. The van der Waals surface area contributed by atoms with E-state index in [1.807, 2.05) is 35.2 Å². The number of para-hydroxylation sites is 1. The molecule has 0 aromatic heterocycles. The first-order valence-corrected chi connectivity index (χ1v) is 9.70. The van der Waals surface area contributed by atoms with Gasteiger partial charge in [0.2, 0.25) is 0 Å². The zero-order chi connectivity index (χ0) is 21.1. The highest BCUT2D eigenvalue weighted by molar-refractivity contribution is 5.48. The van der Waals surface area contributed by atoms with Crippen LogP contribution in [0.3, 0.4) is 0 Å². The lowest BCUT2D eigenvalue weighted by Gasteiger charge is -2.42. The van der Waals surface area contributed by atoms with Gasteiger partial charge in [-0.2, -0.15) is 22.0 Å². The standard InChI is InChI=1S/C22H24F5NO/c1-2-21(23,24)29-15-20-13-10-17(14-28(20)19-6-4-3-5-7-19)16-8-11-18(12-9-16)22(25,26)27/h3-9,11-12,17,20H,2,10,13-15H2,1H3/t17-,20-/m0/s1. The number of benzene rings is 2. The first-order valence-electron chi connectivity index (χ1n) is 9.70. The Balaban J connectivity index is 1.77. The van der Waals surface area contributed by atoms with Gasteiger partial charge in [0.25, 0.3) is 0 Å². The number of hydrogen-bond donors (Lipinski definition) is 0. The highest BCUT2D eigenvalue weighted by Crippen LogP contribution is 2.36. The number of nitrogens with zero attached hydrogens (tertiary/aromatic N) is 1. The second kappa shape index (κ2) is 8.69. The fourth-order valence-electron chi connectivity index (χ4n) is 3.67. The number of piperidine rings is 1. The maximum Gasteiger partial charge on any atom is 0.416 e. The molecule has 2 aromatic rings. The van der Waals surface area contributed by atoms with Crippen LogP contribution in [0, 0.1) is 0 Å². The van der Waals surface area contributed by atoms with Crippen molar-refractivity contribution in [3.63, 3.8) is 0 Å². The topological polar surface area (TPSA) is 12.5 Å². The second-order valence-corrected chi connectivity index (χ2v) is 7.34. The molecule has 1 aliphatic heterocycles. The molecule has 29 heavy (non-hydrogen) atoms. The summed E-state index contributed by atoms with van der Waals surface area (Å²) in [6.07, 6.45) is -6.61. The molecule has 1 fully saturated rings. The van der Waals surface area contributed by atoms with E-state index in [1.54, 1.807) is 0 Å². The van der Waals surface area contributed by atoms with Crippen LogP contribution < -0.4 is 4.90 Å². The normalized spacial score (nSPS) is 20.7. The molecular formula is C22H24F5NO. The number of anilines is 1. The Bertz CT molecular complexity index is 776. The Kier molecular flexibility index (Phi) is 6.46. The van der Waals surface area contributed by atoms with Gasteiger partial charge in [0.05, 0.1) is 18.2 Å². The molecular weight excluding hydrogens is 389 g/mol. The van der Waals surface area contributed by atoms with Gasteiger partial charge < -0.3 is 9.64 Å². The van der Waals surface area contributed by atoms with E-state index < -0.39 is 17.8 Å². The Labute approximate surface area is 167 Å². The van der Waals surface area contributed by atoms with E-state index in [0.29, 0.717) is 19.4 Å². The van der Waals surface area contributed by atoms with Crippen LogP contribution in [0.15, 0.2) is 54.6 Å². The third-order valence-corrected chi connectivity index (χ3v) is 5.40. The average molecular weight is 413 g/mol. The predicted molar refractivity (Wildman–Crippen MR) is 102 cm³/mol. The molecule has 0 bridgehead atoms. The van der Waals surface area contributed by atoms with Crippen molar-refractivity contribution in [1.29, 1.82) is 0 Å². The maximum atomic E-state index is 13.6. The summed E-state index contributed by atoms with van der Waals surface area (Å²) in [6, 6.07) is 14.4. The Morgan fingerprint density at radius 3 is 2.17 bits per heavy atom. The van der Waals surface area contributed by atoms with Crippen molar-refractivity contribution in [2.45, 2.75) is 50.4 Å². The summed E-state index contributed by atoms with van der Waals surface area (Å²) < 4.78 is 70.5. The van der Waals surface area contributed by atoms with E-state index in [2.05, 4.69) is 0 Å². The summed E-state index contributed by atoms with van der Waals surface area (Å²) in [5.74, 6) is 0.0143. The van der Waals surface area contributed by atoms with Gasteiger partial charge >= 0.3 is 12.3 Å². The van der Waals surface area contributed by atoms with Crippen molar-refractivity contribution in [3.8, 4) is 0 Å². The summed E-state index contributed by atoms with van der Waals surface area (Å²) in [5, 5.41) is 0. The van der Waals surface area contributed by atoms with Gasteiger partial charge in [-0.3, -0.25) is 0 Å². The SMILES string of the molecule is CCC(F)(F)OC[C@@H]1CC[C@H](c2ccc(C(F)(F)F)cc2)CN1c1ccccc1.